The zero-order valence-corrected chi connectivity index (χ0v) is 11.9. The number of anilines is 2. The summed E-state index contributed by atoms with van der Waals surface area (Å²) >= 11 is 0. The normalized spacial score (nSPS) is 10.6. The third-order valence-corrected chi connectivity index (χ3v) is 2.65. The van der Waals surface area contributed by atoms with Gasteiger partial charge in [-0.05, 0) is 6.92 Å². The molecule has 0 aliphatic heterocycles. The van der Waals surface area contributed by atoms with Crippen molar-refractivity contribution in [1.82, 2.24) is 24.5 Å². The lowest BCUT2D eigenvalue weighted by Gasteiger charge is -2.17. The first-order valence-corrected chi connectivity index (χ1v) is 6.43. The average molecular weight is 277 g/mol. The molecule has 0 aliphatic rings. The summed E-state index contributed by atoms with van der Waals surface area (Å²) < 4.78 is 6.82. The Bertz CT molecular complexity index is 529. The molecule has 0 atom stereocenters. The summed E-state index contributed by atoms with van der Waals surface area (Å²) in [4.78, 5) is 19.1. The molecule has 0 bridgehead atoms. The predicted octanol–water partition coefficient (Wildman–Crippen LogP) is 0.572. The molecule has 2 heterocycles. The molecule has 0 saturated carbocycles. The smallest absolute Gasteiger partial charge is 0.241 e. The summed E-state index contributed by atoms with van der Waals surface area (Å²) in [6.45, 7) is 4.05. The Kier molecular flexibility index (Phi) is 4.83. The molecule has 0 radical (unpaired) electrons. The zero-order valence-electron chi connectivity index (χ0n) is 11.9. The minimum Gasteiger partial charge on any atom is -0.383 e. The van der Waals surface area contributed by atoms with E-state index in [0.29, 0.717) is 31.0 Å². The van der Waals surface area contributed by atoms with Gasteiger partial charge in [-0.1, -0.05) is 0 Å². The Labute approximate surface area is 117 Å². The number of nitrogens with one attached hydrogen (secondary N) is 1. The van der Waals surface area contributed by atoms with Gasteiger partial charge in [0.25, 0.3) is 0 Å². The molecule has 0 spiro atoms. The van der Waals surface area contributed by atoms with E-state index in [-0.39, 0.29) is 0 Å². The molecule has 2 aromatic rings. The third kappa shape index (κ3) is 3.41. The molecular weight excluding hydrogens is 258 g/mol. The van der Waals surface area contributed by atoms with Crippen molar-refractivity contribution in [3.63, 3.8) is 0 Å². The maximum atomic E-state index is 5.07. The van der Waals surface area contributed by atoms with Crippen molar-refractivity contribution >= 4 is 11.9 Å². The van der Waals surface area contributed by atoms with Crippen LogP contribution in [0.1, 0.15) is 6.92 Å². The minimum absolute atomic E-state index is 0.535. The van der Waals surface area contributed by atoms with Crippen LogP contribution in [0.2, 0.25) is 0 Å². The van der Waals surface area contributed by atoms with Gasteiger partial charge >= 0.3 is 0 Å². The van der Waals surface area contributed by atoms with Crippen molar-refractivity contribution in [3.05, 3.63) is 18.7 Å². The fourth-order valence-corrected chi connectivity index (χ4v) is 1.58. The first-order valence-electron chi connectivity index (χ1n) is 6.43. The van der Waals surface area contributed by atoms with Gasteiger partial charge in [-0.25, -0.2) is 4.98 Å². The minimum atomic E-state index is 0.535. The Hall–Kier alpha value is -2.22. The number of hydrogen-bond acceptors (Lipinski definition) is 7. The quantitative estimate of drug-likeness (QED) is 0.792. The lowest BCUT2D eigenvalue weighted by molar-refractivity contribution is 0.206. The number of rotatable bonds is 7. The van der Waals surface area contributed by atoms with E-state index in [1.165, 1.54) is 0 Å². The Morgan fingerprint density at radius 1 is 1.35 bits per heavy atom. The van der Waals surface area contributed by atoms with E-state index >= 15 is 0 Å². The molecule has 0 amide bonds. The van der Waals surface area contributed by atoms with Crippen LogP contribution < -0.4 is 10.2 Å². The van der Waals surface area contributed by atoms with Crippen LogP contribution in [-0.2, 0) is 4.74 Å². The third-order valence-electron chi connectivity index (χ3n) is 2.65. The van der Waals surface area contributed by atoms with Gasteiger partial charge < -0.3 is 15.0 Å². The molecule has 0 unspecified atom stereocenters. The van der Waals surface area contributed by atoms with Gasteiger partial charge in [0.05, 0.1) is 6.61 Å². The summed E-state index contributed by atoms with van der Waals surface area (Å²) in [6, 6.07) is 0. The second kappa shape index (κ2) is 6.80. The van der Waals surface area contributed by atoms with Crippen LogP contribution in [0.3, 0.4) is 0 Å². The maximum absolute atomic E-state index is 5.07. The molecule has 2 rings (SSSR count). The van der Waals surface area contributed by atoms with E-state index < -0.39 is 0 Å². The highest BCUT2D eigenvalue weighted by molar-refractivity contribution is 5.39. The van der Waals surface area contributed by atoms with Crippen LogP contribution >= 0.6 is 0 Å². The number of nitrogens with zero attached hydrogens (tertiary/aromatic N) is 6. The second-order valence-corrected chi connectivity index (χ2v) is 4.17. The van der Waals surface area contributed by atoms with Crippen molar-refractivity contribution in [2.24, 2.45) is 0 Å². The standard InChI is InChI=1S/C12H19N7O/c1-4-14-10-15-11(18(2)7-8-20-3)17-12(16-10)19-6-5-13-9-19/h5-6,9H,4,7-8H2,1-3H3,(H,14,15,16,17). The number of ether oxygens (including phenoxy) is 1. The zero-order chi connectivity index (χ0) is 14.4. The summed E-state index contributed by atoms with van der Waals surface area (Å²) in [7, 11) is 3.59. The van der Waals surface area contributed by atoms with Crippen molar-refractivity contribution in [3.8, 4) is 5.95 Å². The molecule has 0 aliphatic carbocycles. The molecule has 2 aromatic heterocycles. The second-order valence-electron chi connectivity index (χ2n) is 4.17. The average Bonchev–Trinajstić information content (AvgIpc) is 2.99. The highest BCUT2D eigenvalue weighted by atomic mass is 16.5. The SMILES string of the molecule is CCNc1nc(N(C)CCOC)nc(-n2ccnc2)n1. The number of methoxy groups -OCH3 is 1. The Balaban J connectivity index is 2.31. The molecule has 8 heteroatoms. The maximum Gasteiger partial charge on any atom is 0.241 e. The molecule has 108 valence electrons. The van der Waals surface area contributed by atoms with Crippen molar-refractivity contribution in [1.29, 1.82) is 0 Å². The number of hydrogen-bond donors (Lipinski definition) is 1. The predicted molar refractivity (Wildman–Crippen MR) is 76.3 cm³/mol. The van der Waals surface area contributed by atoms with E-state index in [9.17, 15) is 0 Å². The summed E-state index contributed by atoms with van der Waals surface area (Å²) in [5, 5.41) is 3.11. The Morgan fingerprint density at radius 3 is 2.85 bits per heavy atom. The van der Waals surface area contributed by atoms with Crippen molar-refractivity contribution < 1.29 is 4.74 Å². The van der Waals surface area contributed by atoms with E-state index in [0.717, 1.165) is 6.54 Å². The van der Waals surface area contributed by atoms with Crippen LogP contribution in [0, 0.1) is 0 Å². The summed E-state index contributed by atoms with van der Waals surface area (Å²) in [6.07, 6.45) is 5.14. The van der Waals surface area contributed by atoms with Crippen LogP contribution in [0.15, 0.2) is 18.7 Å². The largest absolute Gasteiger partial charge is 0.383 e. The monoisotopic (exact) mass is 277 g/mol. The molecular formula is C12H19N7O. The Morgan fingerprint density at radius 2 is 2.20 bits per heavy atom. The molecule has 1 N–H and O–H groups in total. The fraction of sp³-hybridized carbons (Fsp3) is 0.500. The van der Waals surface area contributed by atoms with E-state index in [2.05, 4.69) is 25.3 Å². The molecule has 20 heavy (non-hydrogen) atoms. The molecule has 0 saturated heterocycles. The number of likely N-dealkylation sites (N-methyl/N-ethyl adjacent to an activating group) is 1. The van der Waals surface area contributed by atoms with E-state index in [4.69, 9.17) is 4.74 Å². The van der Waals surface area contributed by atoms with E-state index in [1.807, 2.05) is 18.9 Å². The van der Waals surface area contributed by atoms with Gasteiger partial charge in [0.15, 0.2) is 0 Å². The van der Waals surface area contributed by atoms with Gasteiger partial charge in [0.2, 0.25) is 17.8 Å². The van der Waals surface area contributed by atoms with Gasteiger partial charge in [-0.15, -0.1) is 0 Å². The number of aromatic nitrogens is 5. The van der Waals surface area contributed by atoms with Crippen molar-refractivity contribution in [2.45, 2.75) is 6.92 Å². The molecule has 0 aromatic carbocycles. The first-order chi connectivity index (χ1) is 9.74. The lowest BCUT2D eigenvalue weighted by Crippen LogP contribution is -2.25. The highest BCUT2D eigenvalue weighted by Gasteiger charge is 2.11. The van der Waals surface area contributed by atoms with Crippen LogP contribution in [0.25, 0.3) is 5.95 Å². The highest BCUT2D eigenvalue weighted by Crippen LogP contribution is 2.12. The van der Waals surface area contributed by atoms with Crippen LogP contribution in [0.5, 0.6) is 0 Å². The lowest BCUT2D eigenvalue weighted by atomic mass is 10.6. The van der Waals surface area contributed by atoms with E-state index in [1.54, 1.807) is 30.4 Å². The van der Waals surface area contributed by atoms with Gasteiger partial charge in [-0.2, -0.15) is 15.0 Å². The number of imidazole rings is 1. The van der Waals surface area contributed by atoms with Crippen LogP contribution in [0.4, 0.5) is 11.9 Å². The topological polar surface area (TPSA) is 81.0 Å². The van der Waals surface area contributed by atoms with Crippen LogP contribution in [-0.4, -0.2) is 58.4 Å². The van der Waals surface area contributed by atoms with Gasteiger partial charge in [0.1, 0.15) is 6.33 Å². The van der Waals surface area contributed by atoms with Gasteiger partial charge in [0, 0.05) is 39.6 Å². The molecule has 0 fully saturated rings. The van der Waals surface area contributed by atoms with Gasteiger partial charge in [-0.3, -0.25) is 4.57 Å². The summed E-state index contributed by atoms with van der Waals surface area (Å²) in [5.41, 5.74) is 0. The molecule has 8 nitrogen and oxygen atoms in total. The summed E-state index contributed by atoms with van der Waals surface area (Å²) in [5.74, 6) is 1.68. The van der Waals surface area contributed by atoms with Crippen molar-refractivity contribution in [2.75, 3.05) is 44.1 Å². The fourth-order valence-electron chi connectivity index (χ4n) is 1.58. The first kappa shape index (κ1) is 14.2.